The second-order valence-electron chi connectivity index (χ2n) is 3.49. The van der Waals surface area contributed by atoms with Crippen molar-refractivity contribution in [1.82, 2.24) is 9.97 Å². The highest BCUT2D eigenvalue weighted by Crippen LogP contribution is 2.17. The summed E-state index contributed by atoms with van der Waals surface area (Å²) in [5, 5.41) is 3.13. The van der Waals surface area contributed by atoms with Crippen molar-refractivity contribution in [3.05, 3.63) is 46.2 Å². The molecule has 2 aromatic heterocycles. The van der Waals surface area contributed by atoms with Gasteiger partial charge in [0, 0.05) is 30.2 Å². The summed E-state index contributed by atoms with van der Waals surface area (Å²) in [7, 11) is 0. The molecule has 0 aliphatic heterocycles. The summed E-state index contributed by atoms with van der Waals surface area (Å²) in [5.41, 5.74) is 7.96. The second kappa shape index (κ2) is 4.51. The minimum Gasteiger partial charge on any atom is -0.323 e. The van der Waals surface area contributed by atoms with Gasteiger partial charge in [0.15, 0.2) is 0 Å². The van der Waals surface area contributed by atoms with E-state index in [1.807, 2.05) is 24.4 Å². The van der Waals surface area contributed by atoms with Crippen LogP contribution in [0.3, 0.4) is 0 Å². The Balaban J connectivity index is 2.12. The fourth-order valence-corrected chi connectivity index (χ4v) is 2.22. The number of aromatic nitrogens is 2. The highest BCUT2D eigenvalue weighted by molar-refractivity contribution is 7.09. The smallest absolute Gasteiger partial charge is 0.0972 e. The average molecular weight is 219 g/mol. The van der Waals surface area contributed by atoms with Crippen LogP contribution in [0.5, 0.6) is 0 Å². The molecule has 2 aromatic rings. The van der Waals surface area contributed by atoms with Gasteiger partial charge >= 0.3 is 0 Å². The first-order valence-electron chi connectivity index (χ1n) is 4.84. The molecule has 0 amide bonds. The quantitative estimate of drug-likeness (QED) is 0.860. The van der Waals surface area contributed by atoms with Crippen LogP contribution in [0.4, 0.5) is 0 Å². The monoisotopic (exact) mass is 219 g/mol. The van der Waals surface area contributed by atoms with Crippen LogP contribution in [0.25, 0.3) is 0 Å². The van der Waals surface area contributed by atoms with Crippen LogP contribution in [0, 0.1) is 0 Å². The molecule has 3 nitrogen and oxygen atoms in total. The molecule has 0 bridgehead atoms. The van der Waals surface area contributed by atoms with Crippen LogP contribution in [0.1, 0.15) is 29.2 Å². The van der Waals surface area contributed by atoms with Crippen LogP contribution < -0.4 is 5.73 Å². The number of thiazole rings is 1. The van der Waals surface area contributed by atoms with Crippen LogP contribution in [-0.4, -0.2) is 9.97 Å². The van der Waals surface area contributed by atoms with Gasteiger partial charge < -0.3 is 5.73 Å². The van der Waals surface area contributed by atoms with Crippen LogP contribution >= 0.6 is 11.3 Å². The van der Waals surface area contributed by atoms with Gasteiger partial charge in [-0.3, -0.25) is 4.98 Å². The molecule has 1 atom stereocenters. The van der Waals surface area contributed by atoms with Crippen molar-refractivity contribution >= 4 is 11.3 Å². The van der Waals surface area contributed by atoms with Gasteiger partial charge in [-0.05, 0) is 24.6 Å². The molecule has 0 radical (unpaired) electrons. The van der Waals surface area contributed by atoms with Crippen LogP contribution in [0.15, 0.2) is 29.9 Å². The Morgan fingerprint density at radius 1 is 1.40 bits per heavy atom. The molecule has 4 heteroatoms. The maximum atomic E-state index is 5.75. The Kier molecular flexibility index (Phi) is 3.08. The van der Waals surface area contributed by atoms with E-state index in [4.69, 9.17) is 5.73 Å². The highest BCUT2D eigenvalue weighted by Gasteiger charge is 2.06. The lowest BCUT2D eigenvalue weighted by Gasteiger charge is -1.98. The largest absolute Gasteiger partial charge is 0.323 e. The topological polar surface area (TPSA) is 51.8 Å². The van der Waals surface area contributed by atoms with Crippen molar-refractivity contribution in [3.63, 3.8) is 0 Å². The number of hydrogen-bond acceptors (Lipinski definition) is 4. The predicted molar refractivity (Wildman–Crippen MR) is 61.8 cm³/mol. The van der Waals surface area contributed by atoms with Gasteiger partial charge in [0.05, 0.1) is 10.7 Å². The van der Waals surface area contributed by atoms with Gasteiger partial charge in [0.2, 0.25) is 0 Å². The van der Waals surface area contributed by atoms with Crippen molar-refractivity contribution in [2.24, 2.45) is 5.73 Å². The van der Waals surface area contributed by atoms with E-state index in [1.54, 1.807) is 23.7 Å². The fraction of sp³-hybridized carbons (Fsp3) is 0.273. The summed E-state index contributed by atoms with van der Waals surface area (Å²) in [4.78, 5) is 8.46. The van der Waals surface area contributed by atoms with Gasteiger partial charge in [0.25, 0.3) is 0 Å². The van der Waals surface area contributed by atoms with Crippen LogP contribution in [-0.2, 0) is 6.42 Å². The molecular weight excluding hydrogens is 206 g/mol. The van der Waals surface area contributed by atoms with E-state index in [0.717, 1.165) is 17.1 Å². The molecule has 0 aromatic carbocycles. The molecule has 15 heavy (non-hydrogen) atoms. The third kappa shape index (κ3) is 2.61. The van der Waals surface area contributed by atoms with Crippen molar-refractivity contribution in [2.75, 3.05) is 0 Å². The van der Waals surface area contributed by atoms with Gasteiger partial charge in [-0.2, -0.15) is 0 Å². The molecule has 2 heterocycles. The van der Waals surface area contributed by atoms with Crippen molar-refractivity contribution in [1.29, 1.82) is 0 Å². The van der Waals surface area contributed by atoms with Gasteiger partial charge in [-0.25, -0.2) is 4.98 Å². The van der Waals surface area contributed by atoms with E-state index < -0.39 is 0 Å². The maximum absolute atomic E-state index is 5.75. The Labute approximate surface area is 93.0 Å². The van der Waals surface area contributed by atoms with Crippen molar-refractivity contribution in [2.45, 2.75) is 19.4 Å². The minimum atomic E-state index is 0.0208. The molecule has 0 spiro atoms. The molecule has 0 saturated carbocycles. The Morgan fingerprint density at radius 2 is 2.13 bits per heavy atom. The molecule has 1 unspecified atom stereocenters. The normalized spacial score (nSPS) is 12.7. The Morgan fingerprint density at radius 3 is 2.73 bits per heavy atom. The van der Waals surface area contributed by atoms with Crippen molar-refractivity contribution in [3.8, 4) is 0 Å². The summed E-state index contributed by atoms with van der Waals surface area (Å²) >= 11 is 1.66. The van der Waals surface area contributed by atoms with Gasteiger partial charge in [-0.15, -0.1) is 11.3 Å². The lowest BCUT2D eigenvalue weighted by Crippen LogP contribution is -2.05. The van der Waals surface area contributed by atoms with Gasteiger partial charge in [-0.1, -0.05) is 0 Å². The number of nitrogens with two attached hydrogens (primary N) is 1. The zero-order chi connectivity index (χ0) is 10.7. The van der Waals surface area contributed by atoms with Crippen LogP contribution in [0.2, 0.25) is 0 Å². The molecule has 2 rings (SSSR count). The number of hydrogen-bond donors (Lipinski definition) is 1. The predicted octanol–water partition coefficient (Wildman–Crippen LogP) is 2.15. The third-order valence-corrected chi connectivity index (χ3v) is 3.01. The lowest BCUT2D eigenvalue weighted by atomic mass is 10.2. The maximum Gasteiger partial charge on any atom is 0.0972 e. The van der Waals surface area contributed by atoms with E-state index in [9.17, 15) is 0 Å². The number of rotatable bonds is 3. The van der Waals surface area contributed by atoms with E-state index in [1.165, 1.54) is 5.56 Å². The highest BCUT2D eigenvalue weighted by atomic mass is 32.1. The molecule has 0 fully saturated rings. The summed E-state index contributed by atoms with van der Waals surface area (Å²) in [5.74, 6) is 0. The fourth-order valence-electron chi connectivity index (χ4n) is 1.29. The summed E-state index contributed by atoms with van der Waals surface area (Å²) in [6.07, 6.45) is 4.46. The van der Waals surface area contributed by atoms with Gasteiger partial charge in [0.1, 0.15) is 0 Å². The summed E-state index contributed by atoms with van der Waals surface area (Å²) < 4.78 is 0. The third-order valence-electron chi connectivity index (χ3n) is 2.14. The first-order chi connectivity index (χ1) is 7.25. The molecule has 78 valence electrons. The average Bonchev–Trinajstić information content (AvgIpc) is 2.68. The van der Waals surface area contributed by atoms with Crippen molar-refractivity contribution < 1.29 is 0 Å². The summed E-state index contributed by atoms with van der Waals surface area (Å²) in [6.45, 7) is 1.95. The Bertz CT molecular complexity index is 422. The molecule has 0 aliphatic rings. The number of pyridine rings is 1. The number of nitrogens with zero attached hydrogens (tertiary/aromatic N) is 2. The summed E-state index contributed by atoms with van der Waals surface area (Å²) in [6, 6.07) is 4.03. The van der Waals surface area contributed by atoms with E-state index in [0.29, 0.717) is 0 Å². The molecule has 0 saturated heterocycles. The molecule has 0 aliphatic carbocycles. The van der Waals surface area contributed by atoms with E-state index >= 15 is 0 Å². The molecular formula is C11H13N3S. The molecule has 2 N–H and O–H groups in total. The lowest BCUT2D eigenvalue weighted by molar-refractivity contribution is 0.784. The van der Waals surface area contributed by atoms with E-state index in [2.05, 4.69) is 9.97 Å². The zero-order valence-electron chi connectivity index (χ0n) is 8.55. The first kappa shape index (κ1) is 10.3. The first-order valence-corrected chi connectivity index (χ1v) is 5.72. The van der Waals surface area contributed by atoms with E-state index in [-0.39, 0.29) is 6.04 Å². The zero-order valence-corrected chi connectivity index (χ0v) is 9.37. The second-order valence-corrected chi connectivity index (χ2v) is 4.43. The SMILES string of the molecule is CC(N)c1csc(Cc2ccncc2)n1. The standard InChI is InChI=1S/C11H13N3S/c1-8(12)10-7-15-11(14-10)6-9-2-4-13-5-3-9/h2-5,7-8H,6,12H2,1H3. The Hall–Kier alpha value is -1.26. The minimum absolute atomic E-state index is 0.0208.